The van der Waals surface area contributed by atoms with Gasteiger partial charge in [0.2, 0.25) is 0 Å². The topological polar surface area (TPSA) is 37.8 Å². The quantitative estimate of drug-likeness (QED) is 0.527. The monoisotopic (exact) mass is 337 g/mol. The van der Waals surface area contributed by atoms with Crippen molar-refractivity contribution in [2.45, 2.75) is 5.54 Å². The Labute approximate surface area is 153 Å². The van der Waals surface area contributed by atoms with E-state index in [0.29, 0.717) is 0 Å². The molecule has 0 bridgehead atoms. The maximum atomic E-state index is 4.47. The van der Waals surface area contributed by atoms with Crippen LogP contribution in [0.4, 0.5) is 5.82 Å². The third kappa shape index (κ3) is 2.95. The van der Waals surface area contributed by atoms with Crippen molar-refractivity contribution < 1.29 is 0 Å². The first-order valence-electron chi connectivity index (χ1n) is 8.60. The number of nitrogens with zero attached hydrogens (tertiary/aromatic N) is 2. The second-order valence-corrected chi connectivity index (χ2v) is 6.06. The summed E-state index contributed by atoms with van der Waals surface area (Å²) in [5, 5.41) is 3.67. The van der Waals surface area contributed by atoms with E-state index in [1.807, 2.05) is 18.2 Å². The molecule has 26 heavy (non-hydrogen) atoms. The molecule has 0 aliphatic rings. The third-order valence-electron chi connectivity index (χ3n) is 4.50. The molecule has 3 aromatic carbocycles. The highest BCUT2D eigenvalue weighted by atomic mass is 15.1. The lowest BCUT2D eigenvalue weighted by atomic mass is 9.77. The normalized spacial score (nSPS) is 11.1. The van der Waals surface area contributed by atoms with E-state index in [1.165, 1.54) is 0 Å². The van der Waals surface area contributed by atoms with Crippen LogP contribution in [0.5, 0.6) is 0 Å². The van der Waals surface area contributed by atoms with Gasteiger partial charge in [0.1, 0.15) is 11.4 Å². The van der Waals surface area contributed by atoms with Crippen molar-refractivity contribution in [1.29, 1.82) is 0 Å². The molecule has 1 N–H and O–H groups in total. The van der Waals surface area contributed by atoms with E-state index in [2.05, 4.69) is 88.1 Å². The van der Waals surface area contributed by atoms with Crippen LogP contribution < -0.4 is 5.32 Å². The molecule has 3 nitrogen and oxygen atoms in total. The van der Waals surface area contributed by atoms with Crippen molar-refractivity contribution in [2.24, 2.45) is 0 Å². The molecule has 0 fully saturated rings. The second-order valence-electron chi connectivity index (χ2n) is 6.06. The smallest absolute Gasteiger partial charge is 0.145 e. The molecular weight excluding hydrogens is 318 g/mol. The molecular formula is C23H19N3. The first-order chi connectivity index (χ1) is 12.9. The van der Waals surface area contributed by atoms with Gasteiger partial charge in [0.15, 0.2) is 0 Å². The van der Waals surface area contributed by atoms with Crippen LogP contribution in [0.15, 0.2) is 110 Å². The SMILES string of the molecule is c1ccc(C(Nc2cnccn2)(c2ccccc2)c2ccccc2)cc1. The van der Waals surface area contributed by atoms with Crippen LogP contribution in [0.1, 0.15) is 16.7 Å². The molecule has 4 aromatic rings. The number of rotatable bonds is 5. The van der Waals surface area contributed by atoms with Gasteiger partial charge >= 0.3 is 0 Å². The maximum Gasteiger partial charge on any atom is 0.145 e. The summed E-state index contributed by atoms with van der Waals surface area (Å²) in [5.74, 6) is 0.726. The molecule has 0 amide bonds. The Morgan fingerprint density at radius 3 is 1.42 bits per heavy atom. The fourth-order valence-electron chi connectivity index (χ4n) is 3.34. The van der Waals surface area contributed by atoms with Gasteiger partial charge in [-0.1, -0.05) is 91.0 Å². The standard InChI is InChI=1S/C23H19N3/c1-4-10-19(11-5-1)23(20-12-6-2-7-13-20,21-14-8-3-9-15-21)26-22-18-24-16-17-25-22/h1-18H,(H,25,26). The zero-order valence-corrected chi connectivity index (χ0v) is 14.3. The molecule has 0 radical (unpaired) electrons. The Morgan fingerprint density at radius 2 is 1.04 bits per heavy atom. The van der Waals surface area contributed by atoms with Crippen LogP contribution in [0.2, 0.25) is 0 Å². The summed E-state index contributed by atoms with van der Waals surface area (Å²) in [4.78, 5) is 8.69. The van der Waals surface area contributed by atoms with Gasteiger partial charge in [-0.3, -0.25) is 4.98 Å². The molecule has 1 heterocycles. The molecule has 3 heteroatoms. The average molecular weight is 337 g/mol. The molecule has 0 saturated heterocycles. The van der Waals surface area contributed by atoms with Crippen LogP contribution >= 0.6 is 0 Å². The number of anilines is 1. The van der Waals surface area contributed by atoms with Gasteiger partial charge in [0.25, 0.3) is 0 Å². The number of hydrogen-bond acceptors (Lipinski definition) is 3. The zero-order valence-electron chi connectivity index (χ0n) is 14.3. The molecule has 126 valence electrons. The highest BCUT2D eigenvalue weighted by molar-refractivity contribution is 5.57. The molecule has 1 aromatic heterocycles. The molecule has 0 atom stereocenters. The van der Waals surface area contributed by atoms with Crippen LogP contribution in [-0.4, -0.2) is 9.97 Å². The number of aromatic nitrogens is 2. The largest absolute Gasteiger partial charge is 0.351 e. The van der Waals surface area contributed by atoms with E-state index >= 15 is 0 Å². The average Bonchev–Trinajstić information content (AvgIpc) is 2.75. The predicted molar refractivity (Wildman–Crippen MR) is 105 cm³/mol. The summed E-state index contributed by atoms with van der Waals surface area (Å²) in [5.41, 5.74) is 2.86. The van der Waals surface area contributed by atoms with Crippen molar-refractivity contribution in [2.75, 3.05) is 5.32 Å². The Bertz CT molecular complexity index is 843. The van der Waals surface area contributed by atoms with E-state index in [1.54, 1.807) is 18.6 Å². The molecule has 0 saturated carbocycles. The lowest BCUT2D eigenvalue weighted by Gasteiger charge is -2.37. The lowest BCUT2D eigenvalue weighted by Crippen LogP contribution is -2.38. The third-order valence-corrected chi connectivity index (χ3v) is 4.50. The van der Waals surface area contributed by atoms with Gasteiger partial charge in [-0.25, -0.2) is 4.98 Å². The van der Waals surface area contributed by atoms with Crippen LogP contribution in [0, 0.1) is 0 Å². The summed E-state index contributed by atoms with van der Waals surface area (Å²) < 4.78 is 0. The van der Waals surface area contributed by atoms with Crippen molar-refractivity contribution in [3.05, 3.63) is 126 Å². The van der Waals surface area contributed by atoms with Gasteiger partial charge in [0.05, 0.1) is 6.20 Å². The molecule has 4 rings (SSSR count). The summed E-state index contributed by atoms with van der Waals surface area (Å²) >= 11 is 0. The fourth-order valence-corrected chi connectivity index (χ4v) is 3.34. The predicted octanol–water partition coefficient (Wildman–Crippen LogP) is 4.88. The highest BCUT2D eigenvalue weighted by Crippen LogP contribution is 2.39. The number of benzene rings is 3. The Hall–Kier alpha value is -3.46. The molecule has 0 aliphatic heterocycles. The summed E-state index contributed by atoms with van der Waals surface area (Å²) in [6.45, 7) is 0. The van der Waals surface area contributed by atoms with E-state index < -0.39 is 5.54 Å². The van der Waals surface area contributed by atoms with E-state index in [-0.39, 0.29) is 0 Å². The lowest BCUT2D eigenvalue weighted by molar-refractivity contribution is 0.705. The van der Waals surface area contributed by atoms with Crippen molar-refractivity contribution in [3.8, 4) is 0 Å². The van der Waals surface area contributed by atoms with E-state index in [9.17, 15) is 0 Å². The minimum absolute atomic E-state index is 0.570. The minimum Gasteiger partial charge on any atom is -0.351 e. The van der Waals surface area contributed by atoms with Gasteiger partial charge < -0.3 is 5.32 Å². The Kier molecular flexibility index (Phi) is 4.44. The molecule has 0 spiro atoms. The van der Waals surface area contributed by atoms with Gasteiger partial charge in [-0.15, -0.1) is 0 Å². The Morgan fingerprint density at radius 1 is 0.577 bits per heavy atom. The first-order valence-corrected chi connectivity index (χ1v) is 8.60. The van der Waals surface area contributed by atoms with Gasteiger partial charge in [-0.05, 0) is 16.7 Å². The van der Waals surface area contributed by atoms with Gasteiger partial charge in [0, 0.05) is 12.4 Å². The van der Waals surface area contributed by atoms with Crippen LogP contribution in [0.25, 0.3) is 0 Å². The fraction of sp³-hybridized carbons (Fsp3) is 0.0435. The summed E-state index contributed by atoms with van der Waals surface area (Å²) in [6, 6.07) is 31.3. The van der Waals surface area contributed by atoms with Crippen molar-refractivity contribution >= 4 is 5.82 Å². The van der Waals surface area contributed by atoms with Gasteiger partial charge in [-0.2, -0.15) is 0 Å². The zero-order chi connectivity index (χ0) is 17.7. The minimum atomic E-state index is -0.570. The summed E-state index contributed by atoms with van der Waals surface area (Å²) in [6.07, 6.45) is 5.14. The molecule has 0 aliphatic carbocycles. The number of hydrogen-bond donors (Lipinski definition) is 1. The van der Waals surface area contributed by atoms with E-state index in [0.717, 1.165) is 22.5 Å². The Balaban J connectivity index is 2.00. The van der Waals surface area contributed by atoms with Crippen molar-refractivity contribution in [1.82, 2.24) is 9.97 Å². The number of nitrogens with one attached hydrogen (secondary N) is 1. The first kappa shape index (κ1) is 16.0. The highest BCUT2D eigenvalue weighted by Gasteiger charge is 2.36. The maximum absolute atomic E-state index is 4.47. The van der Waals surface area contributed by atoms with Crippen molar-refractivity contribution in [3.63, 3.8) is 0 Å². The van der Waals surface area contributed by atoms with E-state index in [4.69, 9.17) is 0 Å². The molecule has 0 unspecified atom stereocenters. The second kappa shape index (κ2) is 7.19. The van der Waals surface area contributed by atoms with Crippen LogP contribution in [-0.2, 0) is 5.54 Å². The van der Waals surface area contributed by atoms with Crippen LogP contribution in [0.3, 0.4) is 0 Å². The summed E-state index contributed by atoms with van der Waals surface area (Å²) in [7, 11) is 0.